The summed E-state index contributed by atoms with van der Waals surface area (Å²) in [6.45, 7) is 12.9. The number of rotatable bonds is 6. The molecule has 3 atom stereocenters. The molecule has 1 aromatic carbocycles. The number of hydrogen-bond acceptors (Lipinski definition) is 5. The van der Waals surface area contributed by atoms with Crippen molar-refractivity contribution in [2.75, 3.05) is 45.9 Å². The average molecular weight is 408 g/mol. The first kappa shape index (κ1) is 22.2. The molecule has 2 aliphatic rings. The highest BCUT2D eigenvalue weighted by atomic mass is 19.1. The zero-order chi connectivity index (χ0) is 21.0. The van der Waals surface area contributed by atoms with E-state index >= 15 is 0 Å². The van der Waals surface area contributed by atoms with Gasteiger partial charge in [-0.25, -0.2) is 4.39 Å². The van der Waals surface area contributed by atoms with Crippen molar-refractivity contribution in [1.82, 2.24) is 15.1 Å². The monoisotopic (exact) mass is 407 g/mol. The maximum Gasteiger partial charge on any atom is 0.242 e. The molecule has 3 rings (SSSR count). The van der Waals surface area contributed by atoms with Crippen LogP contribution in [-0.4, -0.2) is 79.4 Å². The number of ether oxygens (including phenoxy) is 2. The van der Waals surface area contributed by atoms with Crippen molar-refractivity contribution in [3.05, 3.63) is 35.6 Å². The first-order chi connectivity index (χ1) is 13.8. The Balaban J connectivity index is 1.72. The first-order valence-electron chi connectivity index (χ1n) is 10.5. The largest absolute Gasteiger partial charge is 0.379 e. The Morgan fingerprint density at radius 3 is 2.45 bits per heavy atom. The molecule has 2 fully saturated rings. The lowest BCUT2D eigenvalue weighted by Gasteiger charge is -2.45. The van der Waals surface area contributed by atoms with E-state index in [2.05, 4.69) is 37.9 Å². The Morgan fingerprint density at radius 2 is 1.83 bits per heavy atom. The van der Waals surface area contributed by atoms with Crippen molar-refractivity contribution in [2.24, 2.45) is 0 Å². The summed E-state index contributed by atoms with van der Waals surface area (Å²) in [5.41, 5.74) is 0.186. The molecule has 0 spiro atoms. The van der Waals surface area contributed by atoms with E-state index in [0.717, 1.165) is 13.1 Å². The minimum Gasteiger partial charge on any atom is -0.379 e. The van der Waals surface area contributed by atoms with Gasteiger partial charge in [-0.2, -0.15) is 0 Å². The lowest BCUT2D eigenvalue weighted by Crippen LogP contribution is -2.59. The molecule has 0 saturated carbocycles. The van der Waals surface area contributed by atoms with Crippen LogP contribution in [0.25, 0.3) is 0 Å². The molecule has 2 saturated heterocycles. The minimum absolute atomic E-state index is 0.160. The zero-order valence-corrected chi connectivity index (χ0v) is 18.0. The number of hydrogen-bond donors (Lipinski definition) is 1. The van der Waals surface area contributed by atoms with Crippen LogP contribution in [-0.2, 0) is 14.3 Å². The second-order valence-corrected chi connectivity index (χ2v) is 8.76. The molecule has 29 heavy (non-hydrogen) atoms. The molecule has 6 nitrogen and oxygen atoms in total. The number of halogens is 1. The Hall–Kier alpha value is -1.54. The number of nitrogens with zero attached hydrogens (tertiary/aromatic N) is 2. The summed E-state index contributed by atoms with van der Waals surface area (Å²) in [6, 6.07) is 5.89. The van der Waals surface area contributed by atoms with E-state index in [1.54, 1.807) is 18.2 Å². The van der Waals surface area contributed by atoms with E-state index in [4.69, 9.17) is 9.47 Å². The fourth-order valence-electron chi connectivity index (χ4n) is 4.22. The van der Waals surface area contributed by atoms with E-state index < -0.39 is 6.04 Å². The molecule has 1 aromatic rings. The average Bonchev–Trinajstić information content (AvgIpc) is 2.68. The molecule has 0 aliphatic carbocycles. The summed E-state index contributed by atoms with van der Waals surface area (Å²) in [5.74, 6) is -0.520. The molecule has 162 valence electrons. The van der Waals surface area contributed by atoms with Gasteiger partial charge in [0.05, 0.1) is 25.4 Å². The predicted molar refractivity (Wildman–Crippen MR) is 110 cm³/mol. The lowest BCUT2D eigenvalue weighted by atomic mass is 9.98. The predicted octanol–water partition coefficient (Wildman–Crippen LogP) is 2.20. The quantitative estimate of drug-likeness (QED) is 0.784. The van der Waals surface area contributed by atoms with Gasteiger partial charge < -0.3 is 14.8 Å². The van der Waals surface area contributed by atoms with Gasteiger partial charge in [0.15, 0.2) is 0 Å². The van der Waals surface area contributed by atoms with Crippen LogP contribution in [0.5, 0.6) is 0 Å². The summed E-state index contributed by atoms with van der Waals surface area (Å²) in [4.78, 5) is 17.6. The molecule has 1 N–H and O–H groups in total. The zero-order valence-electron chi connectivity index (χ0n) is 18.0. The Bertz CT molecular complexity index is 684. The number of carbonyl (C=O) groups is 1. The summed E-state index contributed by atoms with van der Waals surface area (Å²) in [7, 11) is 0. The minimum atomic E-state index is -0.654. The molecule has 0 radical (unpaired) electrons. The molecule has 0 unspecified atom stereocenters. The van der Waals surface area contributed by atoms with Gasteiger partial charge in [-0.1, -0.05) is 18.2 Å². The van der Waals surface area contributed by atoms with Crippen LogP contribution in [0.4, 0.5) is 4.39 Å². The van der Waals surface area contributed by atoms with Gasteiger partial charge in [-0.05, 0) is 33.8 Å². The second-order valence-electron chi connectivity index (χ2n) is 8.76. The van der Waals surface area contributed by atoms with Crippen molar-refractivity contribution in [3.8, 4) is 0 Å². The third-order valence-electron chi connectivity index (χ3n) is 5.83. The van der Waals surface area contributed by atoms with Gasteiger partial charge in [-0.3, -0.25) is 14.6 Å². The van der Waals surface area contributed by atoms with Gasteiger partial charge in [-0.15, -0.1) is 0 Å². The maximum absolute atomic E-state index is 14.5. The van der Waals surface area contributed by atoms with Crippen LogP contribution in [0.15, 0.2) is 24.3 Å². The van der Waals surface area contributed by atoms with E-state index in [9.17, 15) is 9.18 Å². The summed E-state index contributed by atoms with van der Waals surface area (Å²) in [6.07, 6.45) is 0.321. The topological polar surface area (TPSA) is 54.0 Å². The van der Waals surface area contributed by atoms with Gasteiger partial charge in [0, 0.05) is 43.8 Å². The van der Waals surface area contributed by atoms with Gasteiger partial charge >= 0.3 is 0 Å². The van der Waals surface area contributed by atoms with Crippen molar-refractivity contribution >= 4 is 5.91 Å². The molecule has 0 bridgehead atoms. The summed E-state index contributed by atoms with van der Waals surface area (Å²) >= 11 is 0. The van der Waals surface area contributed by atoms with E-state index in [1.807, 2.05) is 4.90 Å². The fourth-order valence-corrected chi connectivity index (χ4v) is 4.22. The SMILES string of the molecule is C[C@@H]1CN(C(C)(C)CNC(=O)[C@@H](c2ccccc2F)N2CCOCC2)C[C@@H](C)O1. The fraction of sp³-hybridized carbons (Fsp3) is 0.682. The van der Waals surface area contributed by atoms with Crippen LogP contribution in [0.2, 0.25) is 0 Å². The van der Waals surface area contributed by atoms with Crippen LogP contribution in [0, 0.1) is 5.82 Å². The molecule has 7 heteroatoms. The second kappa shape index (κ2) is 9.51. The smallest absolute Gasteiger partial charge is 0.242 e. The third kappa shape index (κ3) is 5.54. The van der Waals surface area contributed by atoms with E-state index in [0.29, 0.717) is 38.4 Å². The van der Waals surface area contributed by atoms with Crippen LogP contribution in [0.1, 0.15) is 39.3 Å². The lowest BCUT2D eigenvalue weighted by molar-refractivity contribution is -0.130. The molecular weight excluding hydrogens is 373 g/mol. The van der Waals surface area contributed by atoms with E-state index in [-0.39, 0.29) is 29.5 Å². The van der Waals surface area contributed by atoms with Crippen molar-refractivity contribution in [3.63, 3.8) is 0 Å². The van der Waals surface area contributed by atoms with Crippen LogP contribution in [0.3, 0.4) is 0 Å². The van der Waals surface area contributed by atoms with Crippen LogP contribution < -0.4 is 5.32 Å². The molecule has 2 aliphatic heterocycles. The van der Waals surface area contributed by atoms with Gasteiger partial charge in [0.25, 0.3) is 0 Å². The summed E-state index contributed by atoms with van der Waals surface area (Å²) < 4.78 is 25.8. The first-order valence-corrected chi connectivity index (χ1v) is 10.5. The molecule has 0 aromatic heterocycles. The Kier molecular flexibility index (Phi) is 7.27. The van der Waals surface area contributed by atoms with Gasteiger partial charge in [0.2, 0.25) is 5.91 Å². The van der Waals surface area contributed by atoms with Crippen LogP contribution >= 0.6 is 0 Å². The van der Waals surface area contributed by atoms with E-state index in [1.165, 1.54) is 6.07 Å². The highest BCUT2D eigenvalue weighted by Gasteiger charge is 2.36. The normalized spacial score (nSPS) is 25.6. The number of carbonyl (C=O) groups excluding carboxylic acids is 1. The number of nitrogens with one attached hydrogen (secondary N) is 1. The third-order valence-corrected chi connectivity index (χ3v) is 5.83. The molecule has 1 amide bonds. The van der Waals surface area contributed by atoms with Gasteiger partial charge in [0.1, 0.15) is 11.9 Å². The van der Waals surface area contributed by atoms with Crippen molar-refractivity contribution < 1.29 is 18.7 Å². The Morgan fingerprint density at radius 1 is 1.21 bits per heavy atom. The van der Waals surface area contributed by atoms with Crippen molar-refractivity contribution in [2.45, 2.75) is 51.5 Å². The maximum atomic E-state index is 14.5. The highest BCUT2D eigenvalue weighted by Crippen LogP contribution is 2.26. The number of benzene rings is 1. The standard InChI is InChI=1S/C22H34FN3O3/c1-16-13-26(14-17(2)29-16)22(3,4)15-24-21(27)20(25-9-11-28-12-10-25)18-7-5-6-8-19(18)23/h5-8,16-17,20H,9-15H2,1-4H3,(H,24,27)/t16-,17-,20-/m1/s1. The Labute approximate surface area is 173 Å². The molecular formula is C22H34FN3O3. The highest BCUT2D eigenvalue weighted by molar-refractivity contribution is 5.83. The number of amides is 1. The van der Waals surface area contributed by atoms with Crippen molar-refractivity contribution in [1.29, 1.82) is 0 Å². The summed E-state index contributed by atoms with van der Waals surface area (Å²) in [5, 5.41) is 3.10. The number of morpholine rings is 2. The molecule has 2 heterocycles.